The first-order valence-electron chi connectivity index (χ1n) is 11.3. The molecule has 0 saturated heterocycles. The van der Waals surface area contributed by atoms with Gasteiger partial charge < -0.3 is 4.57 Å². The van der Waals surface area contributed by atoms with Gasteiger partial charge in [-0.3, -0.25) is 0 Å². The largest absolute Gasteiger partial charge is 0.309 e. The Morgan fingerprint density at radius 2 is 1.39 bits per heavy atom. The quantitative estimate of drug-likeness (QED) is 0.335. The molecule has 4 radical (unpaired) electrons. The zero-order chi connectivity index (χ0) is 22.4. The minimum Gasteiger partial charge on any atom is -0.309 e. The summed E-state index contributed by atoms with van der Waals surface area (Å²) in [5.74, 6) is 0.401. The molecule has 1 aliphatic rings. The van der Waals surface area contributed by atoms with Crippen LogP contribution < -0.4 is 10.9 Å². The zero-order valence-electron chi connectivity index (χ0n) is 18.3. The molecule has 0 amide bonds. The van der Waals surface area contributed by atoms with Gasteiger partial charge in [-0.05, 0) is 59.5 Å². The van der Waals surface area contributed by atoms with E-state index in [2.05, 4.69) is 95.6 Å². The van der Waals surface area contributed by atoms with E-state index in [1.807, 2.05) is 12.1 Å². The Labute approximate surface area is 196 Å². The van der Waals surface area contributed by atoms with Crippen LogP contribution in [0.25, 0.3) is 38.6 Å². The molecule has 5 aromatic rings. The van der Waals surface area contributed by atoms with Gasteiger partial charge in [-0.2, -0.15) is 0 Å². The summed E-state index contributed by atoms with van der Waals surface area (Å²) >= 11 is 0. The zero-order valence-corrected chi connectivity index (χ0v) is 18.3. The standard InChI is InChI=1S/C30H21B2N/c31-24-17-25(32)19-26(18-24)33-29-13-11-22(20-7-3-1-4-8-20)15-27(29)28-16-23(12-14-30(28)33)21-9-5-2-6-10-21/h1-9,11-19,21H,10H2. The maximum absolute atomic E-state index is 6.17. The van der Waals surface area contributed by atoms with Gasteiger partial charge in [0.25, 0.3) is 0 Å². The number of benzene rings is 4. The van der Waals surface area contributed by atoms with E-state index in [4.69, 9.17) is 15.7 Å². The van der Waals surface area contributed by atoms with Gasteiger partial charge in [0.15, 0.2) is 0 Å². The molecule has 1 nitrogen and oxygen atoms in total. The second kappa shape index (κ2) is 8.01. The third kappa shape index (κ3) is 3.54. The second-order valence-electron chi connectivity index (χ2n) is 8.72. The van der Waals surface area contributed by atoms with E-state index in [1.165, 1.54) is 27.5 Å². The van der Waals surface area contributed by atoms with Gasteiger partial charge in [0.1, 0.15) is 15.7 Å². The first kappa shape index (κ1) is 19.9. The molecular formula is C30H21B2N. The lowest BCUT2D eigenvalue weighted by Crippen LogP contribution is -2.15. The molecule has 0 spiro atoms. The van der Waals surface area contributed by atoms with Gasteiger partial charge in [0.05, 0.1) is 11.0 Å². The first-order valence-corrected chi connectivity index (χ1v) is 11.3. The molecule has 33 heavy (non-hydrogen) atoms. The van der Waals surface area contributed by atoms with Crippen LogP contribution >= 0.6 is 0 Å². The fourth-order valence-electron chi connectivity index (χ4n) is 4.98. The molecule has 3 heteroatoms. The highest BCUT2D eigenvalue weighted by molar-refractivity contribution is 6.38. The van der Waals surface area contributed by atoms with Gasteiger partial charge >= 0.3 is 0 Å². The summed E-state index contributed by atoms with van der Waals surface area (Å²) < 4.78 is 2.27. The number of allylic oxidation sites excluding steroid dienone is 4. The van der Waals surface area contributed by atoms with Crippen molar-refractivity contribution in [2.24, 2.45) is 0 Å². The fourth-order valence-corrected chi connectivity index (χ4v) is 4.98. The Hall–Kier alpha value is -3.71. The maximum Gasteiger partial charge on any atom is 0.113 e. The normalized spacial score (nSPS) is 15.5. The summed E-state index contributed by atoms with van der Waals surface area (Å²) in [6, 6.07) is 29.8. The van der Waals surface area contributed by atoms with Crippen LogP contribution in [0.3, 0.4) is 0 Å². The second-order valence-corrected chi connectivity index (χ2v) is 8.72. The number of fused-ring (bicyclic) bond motifs is 3. The monoisotopic (exact) mass is 417 g/mol. The Bertz CT molecular complexity index is 1540. The lowest BCUT2D eigenvalue weighted by atomic mass is 9.87. The number of aromatic nitrogens is 1. The topological polar surface area (TPSA) is 4.93 Å². The van der Waals surface area contributed by atoms with Crippen LogP contribution in [-0.2, 0) is 0 Å². The average Bonchev–Trinajstić information content (AvgIpc) is 3.17. The predicted molar refractivity (Wildman–Crippen MR) is 143 cm³/mol. The van der Waals surface area contributed by atoms with E-state index in [0.29, 0.717) is 16.8 Å². The highest BCUT2D eigenvalue weighted by Crippen LogP contribution is 2.37. The van der Waals surface area contributed by atoms with Crippen molar-refractivity contribution in [2.45, 2.75) is 12.3 Å². The van der Waals surface area contributed by atoms with Crippen molar-refractivity contribution in [3.8, 4) is 16.8 Å². The molecule has 6 rings (SSSR count). The average molecular weight is 417 g/mol. The molecule has 1 atom stereocenters. The fraction of sp³-hybridized carbons (Fsp3) is 0.0667. The third-order valence-electron chi connectivity index (χ3n) is 6.53. The molecule has 0 fully saturated rings. The maximum atomic E-state index is 6.17. The number of rotatable bonds is 3. The summed E-state index contributed by atoms with van der Waals surface area (Å²) in [4.78, 5) is 0. The van der Waals surface area contributed by atoms with Crippen molar-refractivity contribution >= 4 is 48.4 Å². The van der Waals surface area contributed by atoms with E-state index in [0.717, 1.165) is 23.1 Å². The van der Waals surface area contributed by atoms with E-state index < -0.39 is 0 Å². The molecule has 0 saturated carbocycles. The predicted octanol–water partition coefficient (Wildman–Crippen LogP) is 5.64. The highest BCUT2D eigenvalue weighted by Gasteiger charge is 2.16. The van der Waals surface area contributed by atoms with Gasteiger partial charge in [-0.1, -0.05) is 83.8 Å². The summed E-state index contributed by atoms with van der Waals surface area (Å²) in [6.07, 6.45) is 9.82. The minimum atomic E-state index is 0.401. The van der Waals surface area contributed by atoms with Crippen LogP contribution in [0.2, 0.25) is 0 Å². The number of nitrogens with zero attached hydrogens (tertiary/aromatic N) is 1. The van der Waals surface area contributed by atoms with Crippen LogP contribution in [0, 0.1) is 0 Å². The molecule has 1 unspecified atom stereocenters. The highest BCUT2D eigenvalue weighted by atomic mass is 15.0. The minimum absolute atomic E-state index is 0.401. The van der Waals surface area contributed by atoms with Gasteiger partial charge in [0, 0.05) is 22.4 Å². The number of hydrogen-bond acceptors (Lipinski definition) is 0. The van der Waals surface area contributed by atoms with E-state index in [9.17, 15) is 0 Å². The molecule has 4 aromatic carbocycles. The first-order chi connectivity index (χ1) is 16.2. The van der Waals surface area contributed by atoms with Crippen LogP contribution in [-0.4, -0.2) is 20.3 Å². The summed E-state index contributed by atoms with van der Waals surface area (Å²) in [7, 11) is 12.3. The van der Waals surface area contributed by atoms with Crippen LogP contribution in [0.5, 0.6) is 0 Å². The molecular weight excluding hydrogens is 396 g/mol. The SMILES string of the molecule is [B]c1cc([B])cc(-n2c3ccc(-c4ccccc4)cc3c3cc(C4C=CC=CC4)ccc32)c1. The van der Waals surface area contributed by atoms with Crippen molar-refractivity contribution in [3.63, 3.8) is 0 Å². The Kier molecular flexibility index (Phi) is 4.84. The smallest absolute Gasteiger partial charge is 0.113 e. The van der Waals surface area contributed by atoms with Crippen molar-refractivity contribution in [1.29, 1.82) is 0 Å². The van der Waals surface area contributed by atoms with E-state index in [1.54, 1.807) is 6.07 Å². The van der Waals surface area contributed by atoms with Crippen LogP contribution in [0.15, 0.2) is 109 Å². The molecule has 1 aliphatic carbocycles. The van der Waals surface area contributed by atoms with Crippen LogP contribution in [0.4, 0.5) is 0 Å². The van der Waals surface area contributed by atoms with Crippen LogP contribution in [0.1, 0.15) is 17.9 Å². The Morgan fingerprint density at radius 3 is 2.12 bits per heavy atom. The number of hydrogen-bond donors (Lipinski definition) is 0. The molecule has 1 aromatic heterocycles. The van der Waals surface area contributed by atoms with E-state index >= 15 is 0 Å². The molecule has 0 aliphatic heterocycles. The Morgan fingerprint density at radius 1 is 0.667 bits per heavy atom. The molecule has 1 heterocycles. The lowest BCUT2D eigenvalue weighted by molar-refractivity contribution is 0.855. The van der Waals surface area contributed by atoms with Crippen molar-refractivity contribution in [1.82, 2.24) is 4.57 Å². The van der Waals surface area contributed by atoms with Crippen molar-refractivity contribution < 1.29 is 0 Å². The lowest BCUT2D eigenvalue weighted by Gasteiger charge is -2.14. The summed E-state index contributed by atoms with van der Waals surface area (Å²) in [5.41, 5.74) is 8.36. The van der Waals surface area contributed by atoms with Crippen molar-refractivity contribution in [2.75, 3.05) is 0 Å². The molecule has 0 bridgehead atoms. The Balaban J connectivity index is 1.64. The summed E-state index contributed by atoms with van der Waals surface area (Å²) in [5, 5.41) is 2.47. The van der Waals surface area contributed by atoms with Gasteiger partial charge in [0.2, 0.25) is 0 Å². The van der Waals surface area contributed by atoms with Crippen molar-refractivity contribution in [3.05, 3.63) is 115 Å². The molecule has 0 N–H and O–H groups in total. The van der Waals surface area contributed by atoms with E-state index in [-0.39, 0.29) is 0 Å². The van der Waals surface area contributed by atoms with Gasteiger partial charge in [-0.15, -0.1) is 0 Å². The summed E-state index contributed by atoms with van der Waals surface area (Å²) in [6.45, 7) is 0. The van der Waals surface area contributed by atoms with Gasteiger partial charge in [-0.25, -0.2) is 0 Å². The third-order valence-corrected chi connectivity index (χ3v) is 6.53. The molecule has 152 valence electrons.